The van der Waals surface area contributed by atoms with Gasteiger partial charge in [-0.15, -0.1) is 0 Å². The minimum absolute atomic E-state index is 0.199. The number of halogens is 2. The van der Waals surface area contributed by atoms with Crippen LogP contribution in [0.4, 0.5) is 0 Å². The van der Waals surface area contributed by atoms with Crippen molar-refractivity contribution in [3.63, 3.8) is 0 Å². The molecule has 0 unspecified atom stereocenters. The molecule has 102 valence electrons. The Bertz CT molecular complexity index is 578. The predicted molar refractivity (Wildman–Crippen MR) is 79.7 cm³/mol. The van der Waals surface area contributed by atoms with Gasteiger partial charge in [-0.2, -0.15) is 5.10 Å². The smallest absolute Gasteiger partial charge is 0.0860 e. The maximum Gasteiger partial charge on any atom is 0.0860 e. The maximum absolute atomic E-state index is 6.22. The first-order valence-corrected chi connectivity index (χ1v) is 6.91. The van der Waals surface area contributed by atoms with E-state index in [1.54, 1.807) is 0 Å². The van der Waals surface area contributed by atoms with Crippen LogP contribution in [0.5, 0.6) is 0 Å². The van der Waals surface area contributed by atoms with Gasteiger partial charge in [-0.1, -0.05) is 35.3 Å². The van der Waals surface area contributed by atoms with Crippen molar-refractivity contribution in [1.82, 2.24) is 15.1 Å². The van der Waals surface area contributed by atoms with Crippen LogP contribution in [0.25, 0.3) is 0 Å². The number of hydrogen-bond donors (Lipinski definition) is 1. The fourth-order valence-electron chi connectivity index (χ4n) is 2.02. The molecular weight excluding hydrogens is 281 g/mol. The van der Waals surface area contributed by atoms with Gasteiger partial charge in [-0.25, -0.2) is 0 Å². The van der Waals surface area contributed by atoms with Crippen molar-refractivity contribution in [2.24, 2.45) is 7.05 Å². The van der Waals surface area contributed by atoms with Crippen LogP contribution < -0.4 is 5.32 Å². The lowest BCUT2D eigenvalue weighted by atomic mass is 10.1. The summed E-state index contributed by atoms with van der Waals surface area (Å²) in [7, 11) is 1.90. The van der Waals surface area contributed by atoms with Crippen molar-refractivity contribution in [3.05, 3.63) is 51.3 Å². The Morgan fingerprint density at radius 2 is 2.11 bits per heavy atom. The third-order valence-corrected chi connectivity index (χ3v) is 3.91. The van der Waals surface area contributed by atoms with Crippen molar-refractivity contribution in [3.8, 4) is 0 Å². The van der Waals surface area contributed by atoms with Crippen LogP contribution in [0.2, 0.25) is 10.0 Å². The number of nitrogens with zero attached hydrogens (tertiary/aromatic N) is 2. The molecule has 0 amide bonds. The summed E-state index contributed by atoms with van der Waals surface area (Å²) >= 11 is 12.2. The van der Waals surface area contributed by atoms with Gasteiger partial charge in [0.05, 0.1) is 16.4 Å². The Hall–Kier alpha value is -1.03. The van der Waals surface area contributed by atoms with E-state index >= 15 is 0 Å². The van der Waals surface area contributed by atoms with E-state index in [0.29, 0.717) is 6.54 Å². The van der Waals surface area contributed by atoms with E-state index in [-0.39, 0.29) is 6.04 Å². The molecular formula is C14H17Cl2N3. The van der Waals surface area contributed by atoms with Gasteiger partial charge >= 0.3 is 0 Å². The number of benzene rings is 1. The summed E-state index contributed by atoms with van der Waals surface area (Å²) in [6.45, 7) is 4.68. The van der Waals surface area contributed by atoms with Crippen LogP contribution in [0.1, 0.15) is 29.9 Å². The molecule has 3 nitrogen and oxygen atoms in total. The lowest BCUT2D eigenvalue weighted by molar-refractivity contribution is 0.548. The molecule has 0 radical (unpaired) electrons. The molecule has 2 rings (SSSR count). The van der Waals surface area contributed by atoms with Gasteiger partial charge in [-0.3, -0.25) is 4.68 Å². The summed E-state index contributed by atoms with van der Waals surface area (Å²) in [4.78, 5) is 0. The average molecular weight is 298 g/mol. The Kier molecular flexibility index (Phi) is 4.50. The summed E-state index contributed by atoms with van der Waals surface area (Å²) in [5.74, 6) is 0. The third-order valence-electron chi connectivity index (χ3n) is 3.19. The summed E-state index contributed by atoms with van der Waals surface area (Å²) in [6, 6.07) is 8.05. The molecule has 1 heterocycles. The van der Waals surface area contributed by atoms with E-state index in [1.807, 2.05) is 36.9 Å². The first-order chi connectivity index (χ1) is 8.99. The van der Waals surface area contributed by atoms with Crippen molar-refractivity contribution >= 4 is 23.2 Å². The van der Waals surface area contributed by atoms with Gasteiger partial charge in [0.2, 0.25) is 0 Å². The predicted octanol–water partition coefficient (Wildman–Crippen LogP) is 3.89. The Morgan fingerprint density at radius 3 is 2.68 bits per heavy atom. The van der Waals surface area contributed by atoms with Crippen LogP contribution in [0.3, 0.4) is 0 Å². The normalized spacial score (nSPS) is 12.7. The summed E-state index contributed by atoms with van der Waals surface area (Å²) in [5.41, 5.74) is 3.01. The number of aryl methyl sites for hydroxylation is 2. The minimum atomic E-state index is 0.199. The second kappa shape index (κ2) is 5.95. The Morgan fingerprint density at radius 1 is 1.37 bits per heavy atom. The molecule has 2 aromatic rings. The van der Waals surface area contributed by atoms with Gasteiger partial charge < -0.3 is 5.32 Å². The molecule has 0 bridgehead atoms. The second-order valence-corrected chi connectivity index (χ2v) is 5.44. The van der Waals surface area contributed by atoms with Crippen molar-refractivity contribution < 1.29 is 0 Å². The largest absolute Gasteiger partial charge is 0.305 e. The standard InChI is InChI=1S/C14H17Cl2N3/c1-9(11-5-4-6-12(15)7-11)17-8-13-14(16)10(2)18-19(13)3/h4-7,9,17H,8H2,1-3H3/t9-/m1/s1. The highest BCUT2D eigenvalue weighted by molar-refractivity contribution is 6.31. The summed E-state index contributed by atoms with van der Waals surface area (Å²) in [5, 5.41) is 9.21. The molecule has 0 saturated heterocycles. The van der Waals surface area contributed by atoms with E-state index in [0.717, 1.165) is 27.0 Å². The highest BCUT2D eigenvalue weighted by Crippen LogP contribution is 2.21. The molecule has 1 aromatic heterocycles. The van der Waals surface area contributed by atoms with E-state index in [9.17, 15) is 0 Å². The van der Waals surface area contributed by atoms with Gasteiger partial charge in [0.15, 0.2) is 0 Å². The van der Waals surface area contributed by atoms with Gasteiger partial charge in [0, 0.05) is 24.7 Å². The van der Waals surface area contributed by atoms with Gasteiger partial charge in [0.1, 0.15) is 0 Å². The fourth-order valence-corrected chi connectivity index (χ4v) is 2.44. The zero-order valence-electron chi connectivity index (χ0n) is 11.2. The lowest BCUT2D eigenvalue weighted by Gasteiger charge is -2.14. The van der Waals surface area contributed by atoms with Crippen molar-refractivity contribution in [2.45, 2.75) is 26.4 Å². The van der Waals surface area contributed by atoms with E-state index < -0.39 is 0 Å². The Labute approximate surface area is 123 Å². The zero-order chi connectivity index (χ0) is 14.0. The first kappa shape index (κ1) is 14.4. The Balaban J connectivity index is 2.06. The third kappa shape index (κ3) is 3.30. The molecule has 1 aromatic carbocycles. The minimum Gasteiger partial charge on any atom is -0.305 e. The van der Waals surface area contributed by atoms with Crippen LogP contribution in [-0.4, -0.2) is 9.78 Å². The molecule has 19 heavy (non-hydrogen) atoms. The number of rotatable bonds is 4. The molecule has 1 atom stereocenters. The summed E-state index contributed by atoms with van der Waals surface area (Å²) < 4.78 is 1.81. The fraction of sp³-hybridized carbons (Fsp3) is 0.357. The van der Waals surface area contributed by atoms with Crippen molar-refractivity contribution in [2.75, 3.05) is 0 Å². The molecule has 0 saturated carbocycles. The molecule has 1 N–H and O–H groups in total. The van der Waals surface area contributed by atoms with Crippen LogP contribution in [0, 0.1) is 6.92 Å². The van der Waals surface area contributed by atoms with E-state index in [4.69, 9.17) is 23.2 Å². The average Bonchev–Trinajstić information content (AvgIpc) is 2.61. The zero-order valence-corrected chi connectivity index (χ0v) is 12.8. The van der Waals surface area contributed by atoms with E-state index in [2.05, 4.69) is 23.4 Å². The molecule has 0 fully saturated rings. The van der Waals surface area contributed by atoms with Crippen LogP contribution in [-0.2, 0) is 13.6 Å². The van der Waals surface area contributed by atoms with Crippen molar-refractivity contribution in [1.29, 1.82) is 0 Å². The maximum atomic E-state index is 6.22. The number of nitrogens with one attached hydrogen (secondary N) is 1. The topological polar surface area (TPSA) is 29.9 Å². The van der Waals surface area contributed by atoms with Crippen LogP contribution >= 0.6 is 23.2 Å². The SMILES string of the molecule is Cc1nn(C)c(CN[C@H](C)c2cccc(Cl)c2)c1Cl. The number of hydrogen-bond acceptors (Lipinski definition) is 2. The molecule has 0 spiro atoms. The van der Waals surface area contributed by atoms with E-state index in [1.165, 1.54) is 0 Å². The monoisotopic (exact) mass is 297 g/mol. The quantitative estimate of drug-likeness (QED) is 0.928. The van der Waals surface area contributed by atoms with Gasteiger partial charge in [0.25, 0.3) is 0 Å². The highest BCUT2D eigenvalue weighted by atomic mass is 35.5. The first-order valence-electron chi connectivity index (χ1n) is 6.16. The van der Waals surface area contributed by atoms with Gasteiger partial charge in [-0.05, 0) is 31.5 Å². The highest BCUT2D eigenvalue weighted by Gasteiger charge is 2.12. The second-order valence-electron chi connectivity index (χ2n) is 4.63. The summed E-state index contributed by atoms with van der Waals surface area (Å²) in [6.07, 6.45) is 0. The molecule has 5 heteroatoms. The molecule has 0 aliphatic heterocycles. The lowest BCUT2D eigenvalue weighted by Crippen LogP contribution is -2.20. The molecule has 0 aliphatic carbocycles. The number of aromatic nitrogens is 2. The molecule has 0 aliphatic rings. The van der Waals surface area contributed by atoms with Crippen LogP contribution in [0.15, 0.2) is 24.3 Å².